The second-order valence-electron chi connectivity index (χ2n) is 5.08. The number of unbranched alkanes of at least 4 members (excludes halogenated alkanes) is 1. The zero-order chi connectivity index (χ0) is 13.5. The summed E-state index contributed by atoms with van der Waals surface area (Å²) in [4.78, 5) is 2.30. The predicted octanol–water partition coefficient (Wildman–Crippen LogP) is 4.07. The Kier molecular flexibility index (Phi) is 6.51. The van der Waals surface area contributed by atoms with Crippen LogP contribution in [0.4, 0.5) is 5.69 Å². The number of benzene rings is 1. The highest BCUT2D eigenvalue weighted by Crippen LogP contribution is 2.24. The van der Waals surface area contributed by atoms with Crippen LogP contribution in [0.5, 0.6) is 0 Å². The summed E-state index contributed by atoms with van der Waals surface area (Å²) in [6.45, 7) is 8.51. The summed E-state index contributed by atoms with van der Waals surface area (Å²) in [5.41, 5.74) is 2.55. The van der Waals surface area contributed by atoms with Crippen molar-refractivity contribution in [2.75, 3.05) is 18.5 Å². The van der Waals surface area contributed by atoms with Crippen LogP contribution < -0.4 is 10.2 Å². The number of halogens is 1. The van der Waals surface area contributed by atoms with Crippen LogP contribution in [0.3, 0.4) is 0 Å². The van der Waals surface area contributed by atoms with E-state index < -0.39 is 0 Å². The lowest BCUT2D eigenvalue weighted by atomic mass is 10.1. The molecule has 0 fully saturated rings. The van der Waals surface area contributed by atoms with Gasteiger partial charge in [-0.25, -0.2) is 0 Å². The van der Waals surface area contributed by atoms with Crippen molar-refractivity contribution in [2.45, 2.75) is 46.2 Å². The van der Waals surface area contributed by atoms with E-state index in [9.17, 15) is 0 Å². The van der Waals surface area contributed by atoms with Gasteiger partial charge in [-0.3, -0.25) is 0 Å². The molecular weight excluding hydrogens is 244 g/mol. The van der Waals surface area contributed by atoms with Crippen LogP contribution in [-0.2, 0) is 6.54 Å². The molecule has 0 unspecified atom stereocenters. The fraction of sp³-hybridized carbons (Fsp3) is 0.600. The van der Waals surface area contributed by atoms with Crippen LogP contribution >= 0.6 is 11.6 Å². The maximum absolute atomic E-state index is 6.11. The zero-order valence-electron chi connectivity index (χ0n) is 12.0. The molecule has 0 bridgehead atoms. The highest BCUT2D eigenvalue weighted by Gasteiger charge is 2.08. The van der Waals surface area contributed by atoms with Crippen LogP contribution in [-0.4, -0.2) is 19.6 Å². The molecule has 0 atom stereocenters. The van der Waals surface area contributed by atoms with E-state index in [0.29, 0.717) is 6.04 Å². The number of hydrogen-bond acceptors (Lipinski definition) is 2. The number of anilines is 1. The fourth-order valence-corrected chi connectivity index (χ4v) is 2.04. The smallest absolute Gasteiger partial charge is 0.0426 e. The van der Waals surface area contributed by atoms with Crippen LogP contribution in [0.1, 0.15) is 39.2 Å². The summed E-state index contributed by atoms with van der Waals surface area (Å²) < 4.78 is 0. The summed E-state index contributed by atoms with van der Waals surface area (Å²) in [5, 5.41) is 4.27. The molecule has 1 aromatic rings. The normalized spacial score (nSPS) is 11.0. The molecule has 1 aromatic carbocycles. The van der Waals surface area contributed by atoms with E-state index in [-0.39, 0.29) is 0 Å². The molecular formula is C15H25ClN2. The first-order chi connectivity index (χ1) is 8.54. The van der Waals surface area contributed by atoms with Gasteiger partial charge >= 0.3 is 0 Å². The van der Waals surface area contributed by atoms with E-state index in [1.165, 1.54) is 24.1 Å². The second kappa shape index (κ2) is 7.65. The zero-order valence-corrected chi connectivity index (χ0v) is 12.7. The van der Waals surface area contributed by atoms with E-state index >= 15 is 0 Å². The van der Waals surface area contributed by atoms with Crippen molar-refractivity contribution in [3.05, 3.63) is 28.8 Å². The largest absolute Gasteiger partial charge is 0.374 e. The Hall–Kier alpha value is -0.730. The minimum atomic E-state index is 0.495. The number of nitrogens with zero attached hydrogens (tertiary/aromatic N) is 1. The van der Waals surface area contributed by atoms with Crippen LogP contribution in [0.15, 0.2) is 18.2 Å². The average molecular weight is 269 g/mol. The average Bonchev–Trinajstić information content (AvgIpc) is 2.34. The third-order valence-electron chi connectivity index (χ3n) is 3.01. The lowest BCUT2D eigenvalue weighted by Crippen LogP contribution is -2.25. The van der Waals surface area contributed by atoms with E-state index in [1.807, 2.05) is 6.07 Å². The van der Waals surface area contributed by atoms with Crippen LogP contribution in [0, 0.1) is 0 Å². The summed E-state index contributed by atoms with van der Waals surface area (Å²) in [6, 6.07) is 6.65. The highest BCUT2D eigenvalue weighted by atomic mass is 35.5. The van der Waals surface area contributed by atoms with Gasteiger partial charge in [0.15, 0.2) is 0 Å². The molecule has 0 aromatic heterocycles. The molecule has 0 saturated heterocycles. The molecule has 0 amide bonds. The molecule has 0 aliphatic heterocycles. The van der Waals surface area contributed by atoms with Gasteiger partial charge < -0.3 is 10.2 Å². The molecule has 0 saturated carbocycles. The summed E-state index contributed by atoms with van der Waals surface area (Å²) in [7, 11) is 2.14. The molecule has 0 aliphatic carbocycles. The first kappa shape index (κ1) is 15.3. The third kappa shape index (κ3) is 4.87. The SMILES string of the molecule is CCCCN(C)c1cc(Cl)ccc1CNC(C)C. The highest BCUT2D eigenvalue weighted by molar-refractivity contribution is 6.30. The monoisotopic (exact) mass is 268 g/mol. The Labute approximate surface area is 116 Å². The summed E-state index contributed by atoms with van der Waals surface area (Å²) >= 11 is 6.11. The quantitative estimate of drug-likeness (QED) is 0.802. The van der Waals surface area contributed by atoms with Crippen LogP contribution in [0.25, 0.3) is 0 Å². The van der Waals surface area contributed by atoms with E-state index in [0.717, 1.165) is 18.1 Å². The fourth-order valence-electron chi connectivity index (χ4n) is 1.87. The van der Waals surface area contributed by atoms with Gasteiger partial charge in [0, 0.05) is 36.9 Å². The van der Waals surface area contributed by atoms with Gasteiger partial charge in [-0.2, -0.15) is 0 Å². The van der Waals surface area contributed by atoms with Gasteiger partial charge in [-0.05, 0) is 24.1 Å². The first-order valence-electron chi connectivity index (χ1n) is 6.77. The Bertz CT molecular complexity index is 364. The van der Waals surface area contributed by atoms with E-state index in [1.54, 1.807) is 0 Å². The number of rotatable bonds is 7. The van der Waals surface area contributed by atoms with Gasteiger partial charge in [0.1, 0.15) is 0 Å². The molecule has 0 aliphatic rings. The van der Waals surface area contributed by atoms with Crippen molar-refractivity contribution < 1.29 is 0 Å². The molecule has 1 rings (SSSR count). The van der Waals surface area contributed by atoms with Gasteiger partial charge in [0.2, 0.25) is 0 Å². The molecule has 3 heteroatoms. The lowest BCUT2D eigenvalue weighted by molar-refractivity contribution is 0.588. The van der Waals surface area contributed by atoms with Gasteiger partial charge in [-0.15, -0.1) is 0 Å². The molecule has 1 N–H and O–H groups in total. The van der Waals surface area contributed by atoms with E-state index in [2.05, 4.69) is 50.2 Å². The van der Waals surface area contributed by atoms with Crippen molar-refractivity contribution >= 4 is 17.3 Å². The number of nitrogens with one attached hydrogen (secondary N) is 1. The Morgan fingerprint density at radius 2 is 2.06 bits per heavy atom. The Morgan fingerprint density at radius 1 is 1.33 bits per heavy atom. The lowest BCUT2D eigenvalue weighted by Gasteiger charge is -2.23. The summed E-state index contributed by atoms with van der Waals surface area (Å²) in [6.07, 6.45) is 2.42. The van der Waals surface area contributed by atoms with Crippen molar-refractivity contribution in [3.8, 4) is 0 Å². The molecule has 2 nitrogen and oxygen atoms in total. The molecule has 0 spiro atoms. The van der Waals surface area contributed by atoms with Gasteiger partial charge in [0.05, 0.1) is 0 Å². The maximum atomic E-state index is 6.11. The van der Waals surface area contributed by atoms with E-state index in [4.69, 9.17) is 11.6 Å². The van der Waals surface area contributed by atoms with Crippen molar-refractivity contribution in [1.29, 1.82) is 0 Å². The Balaban J connectivity index is 2.81. The molecule has 0 heterocycles. The van der Waals surface area contributed by atoms with Gasteiger partial charge in [-0.1, -0.05) is 44.9 Å². The second-order valence-corrected chi connectivity index (χ2v) is 5.52. The maximum Gasteiger partial charge on any atom is 0.0426 e. The minimum Gasteiger partial charge on any atom is -0.374 e. The first-order valence-corrected chi connectivity index (χ1v) is 7.15. The topological polar surface area (TPSA) is 15.3 Å². The molecule has 102 valence electrons. The standard InChI is InChI=1S/C15H25ClN2/c1-5-6-9-18(4)15-10-14(16)8-7-13(15)11-17-12(2)3/h7-8,10,12,17H,5-6,9,11H2,1-4H3. The molecule has 18 heavy (non-hydrogen) atoms. The predicted molar refractivity (Wildman–Crippen MR) is 81.6 cm³/mol. The molecule has 0 radical (unpaired) electrons. The van der Waals surface area contributed by atoms with Crippen LogP contribution in [0.2, 0.25) is 5.02 Å². The Morgan fingerprint density at radius 3 is 2.67 bits per heavy atom. The third-order valence-corrected chi connectivity index (χ3v) is 3.24. The van der Waals surface area contributed by atoms with Crippen molar-refractivity contribution in [1.82, 2.24) is 5.32 Å². The van der Waals surface area contributed by atoms with Crippen molar-refractivity contribution in [2.24, 2.45) is 0 Å². The summed E-state index contributed by atoms with van der Waals surface area (Å²) in [5.74, 6) is 0. The van der Waals surface area contributed by atoms with Crippen molar-refractivity contribution in [3.63, 3.8) is 0 Å². The minimum absolute atomic E-state index is 0.495. The van der Waals surface area contributed by atoms with Gasteiger partial charge in [0.25, 0.3) is 0 Å². The number of hydrogen-bond donors (Lipinski definition) is 1.